The van der Waals surface area contributed by atoms with E-state index in [0.717, 1.165) is 52.4 Å². The topological polar surface area (TPSA) is 31.0 Å². The fraction of sp³-hybridized carbons (Fsp3) is 0.444. The maximum atomic E-state index is 2.30. The summed E-state index contributed by atoms with van der Waals surface area (Å²) in [5, 5.41) is 0. The Morgan fingerprint density at radius 2 is 0.312 bits per heavy atom. The second-order valence-electron chi connectivity index (χ2n) is 21.2. The first-order valence-electron chi connectivity index (χ1n) is 31.3. The second kappa shape index (κ2) is 38.7. The van der Waals surface area contributed by atoms with Crippen molar-refractivity contribution in [3.8, 4) is 44.5 Å². The lowest BCUT2D eigenvalue weighted by Gasteiger charge is -2.02. The molecule has 80 heavy (non-hydrogen) atoms. The van der Waals surface area contributed by atoms with Crippen molar-refractivity contribution in [2.45, 2.75) is 210 Å². The number of rotatable bonds is 28. The number of nitrogens with zero attached hydrogens (tertiary/aromatic N) is 8. The van der Waals surface area contributed by atoms with E-state index in [2.05, 4.69) is 288 Å². The Morgan fingerprint density at radius 1 is 0.175 bits per heavy atom. The van der Waals surface area contributed by atoms with Crippen LogP contribution in [0.3, 0.4) is 0 Å². The lowest BCUT2D eigenvalue weighted by atomic mass is 10.1. The lowest BCUT2D eigenvalue weighted by molar-refractivity contribution is -0.697. The van der Waals surface area contributed by atoms with Gasteiger partial charge in [0, 0.05) is 123 Å². The molecule has 0 unspecified atom stereocenters. The molecule has 0 radical (unpaired) electrons. The molecule has 0 saturated heterocycles. The molecule has 0 bridgehead atoms. The summed E-state index contributed by atoms with van der Waals surface area (Å²) in [5.74, 6) is 0. The Hall–Kier alpha value is -6.80. The minimum absolute atomic E-state index is 1.02. The van der Waals surface area contributed by atoms with Crippen LogP contribution in [0.5, 0.6) is 0 Å². The zero-order valence-corrected chi connectivity index (χ0v) is 51.0. The van der Waals surface area contributed by atoms with E-state index < -0.39 is 0 Å². The largest absolute Gasteiger partial charge is 0.205 e. The van der Waals surface area contributed by atoms with Gasteiger partial charge in [-0.15, -0.1) is 0 Å². The smallest absolute Gasteiger partial charge is 0.169 e. The summed E-state index contributed by atoms with van der Waals surface area (Å²) < 4.78 is 17.9. The Kier molecular flexibility index (Phi) is 31.0. The molecule has 0 aromatic carbocycles. The maximum Gasteiger partial charge on any atom is 0.169 e. The zero-order valence-electron chi connectivity index (χ0n) is 51.0. The predicted molar refractivity (Wildman–Crippen MR) is 328 cm³/mol. The Labute approximate surface area is 485 Å². The van der Waals surface area contributed by atoms with Crippen molar-refractivity contribution in [2.75, 3.05) is 0 Å². The molecule has 0 aliphatic heterocycles. The van der Waals surface area contributed by atoms with Gasteiger partial charge in [0.25, 0.3) is 0 Å². The van der Waals surface area contributed by atoms with Crippen LogP contribution in [-0.2, 0) is 52.4 Å². The Bertz CT molecular complexity index is 2400. The van der Waals surface area contributed by atoms with E-state index in [1.165, 1.54) is 147 Å². The molecule has 0 aliphatic carbocycles. The van der Waals surface area contributed by atoms with Crippen molar-refractivity contribution in [3.05, 3.63) is 196 Å². The normalized spacial score (nSPS) is 10.7. The molecule has 8 heteroatoms. The predicted octanol–water partition coefficient (Wildman–Crippen LogP) is 14.1. The molecule has 8 rings (SSSR count). The van der Waals surface area contributed by atoms with Crippen LogP contribution in [0.1, 0.15) is 158 Å². The summed E-state index contributed by atoms with van der Waals surface area (Å²) in [4.78, 5) is 0. The lowest BCUT2D eigenvalue weighted by Crippen LogP contribution is -2.33. The highest BCUT2D eigenvalue weighted by molar-refractivity contribution is 5.63. The first-order valence-corrected chi connectivity index (χ1v) is 31.3. The van der Waals surface area contributed by atoms with Crippen molar-refractivity contribution in [3.63, 3.8) is 0 Å². The number of pyridine rings is 8. The first-order chi connectivity index (χ1) is 39.3. The molecule has 0 atom stereocenters. The molecule has 0 fully saturated rings. The van der Waals surface area contributed by atoms with Crippen LogP contribution >= 0.6 is 0 Å². The molecule has 8 nitrogen and oxygen atoms in total. The van der Waals surface area contributed by atoms with Crippen LogP contribution in [0.4, 0.5) is 0 Å². The third-order valence-electron chi connectivity index (χ3n) is 15.0. The average molecular weight is 1080 g/mol. The number of hydrogen-bond donors (Lipinski definition) is 0. The quantitative estimate of drug-likeness (QED) is 0.0346. The zero-order chi connectivity index (χ0) is 56.8. The summed E-state index contributed by atoms with van der Waals surface area (Å²) in [6.45, 7) is 26.2. The number of aromatic nitrogens is 8. The van der Waals surface area contributed by atoms with E-state index in [0.29, 0.717) is 0 Å². The summed E-state index contributed by atoms with van der Waals surface area (Å²) >= 11 is 0. The number of unbranched alkanes of at least 4 members (excludes halogenated alkanes) is 12. The minimum Gasteiger partial charge on any atom is -0.205 e. The van der Waals surface area contributed by atoms with Crippen LogP contribution in [0.2, 0.25) is 0 Å². The fourth-order valence-corrected chi connectivity index (χ4v) is 9.52. The van der Waals surface area contributed by atoms with Gasteiger partial charge in [-0.1, -0.05) is 79.1 Å². The van der Waals surface area contributed by atoms with E-state index in [-0.39, 0.29) is 0 Å². The van der Waals surface area contributed by atoms with Gasteiger partial charge in [0.15, 0.2) is 99.1 Å². The fourth-order valence-electron chi connectivity index (χ4n) is 9.52. The molecule has 0 spiro atoms. The third-order valence-corrected chi connectivity index (χ3v) is 15.0. The van der Waals surface area contributed by atoms with Gasteiger partial charge >= 0.3 is 0 Å². The van der Waals surface area contributed by atoms with Crippen LogP contribution in [0, 0.1) is 0 Å². The van der Waals surface area contributed by atoms with Crippen molar-refractivity contribution >= 4 is 0 Å². The average Bonchev–Trinajstić information content (AvgIpc) is 3.53. The molecule has 8 heterocycles. The highest BCUT2D eigenvalue weighted by Gasteiger charge is 2.09. The van der Waals surface area contributed by atoms with E-state index >= 15 is 0 Å². The summed E-state index contributed by atoms with van der Waals surface area (Å²) in [5.41, 5.74) is 10.3. The molecule has 8 aromatic heterocycles. The van der Waals surface area contributed by atoms with Gasteiger partial charge in [-0.05, 0) is 97.9 Å². The van der Waals surface area contributed by atoms with Gasteiger partial charge in [0.05, 0.1) is 0 Å². The first kappa shape index (κ1) is 64.0. The number of hydrogen-bond acceptors (Lipinski definition) is 0. The van der Waals surface area contributed by atoms with Gasteiger partial charge in [-0.25, -0.2) is 36.5 Å². The second-order valence-corrected chi connectivity index (χ2v) is 21.2. The van der Waals surface area contributed by atoms with E-state index in [9.17, 15) is 0 Å². The van der Waals surface area contributed by atoms with Gasteiger partial charge in [-0.3, -0.25) is 0 Å². The van der Waals surface area contributed by atoms with Gasteiger partial charge in [-0.2, -0.15) is 0 Å². The van der Waals surface area contributed by atoms with Gasteiger partial charge < -0.3 is 0 Å². The van der Waals surface area contributed by atoms with E-state index in [1.54, 1.807) is 0 Å². The van der Waals surface area contributed by atoms with E-state index in [4.69, 9.17) is 0 Å². The van der Waals surface area contributed by atoms with Gasteiger partial charge in [0.2, 0.25) is 0 Å². The summed E-state index contributed by atoms with van der Waals surface area (Å²) in [7, 11) is 0. The molecular weight excluding hydrogens is 977 g/mol. The maximum absolute atomic E-state index is 2.30. The Balaban J connectivity index is 0.000000199. The van der Waals surface area contributed by atoms with Crippen LogP contribution < -0.4 is 36.5 Å². The summed E-state index contributed by atoms with van der Waals surface area (Å²) in [6.07, 6.45) is 55.8. The molecule has 0 aliphatic rings. The van der Waals surface area contributed by atoms with E-state index in [1.807, 2.05) is 0 Å². The van der Waals surface area contributed by atoms with Crippen LogP contribution in [0.15, 0.2) is 196 Å². The molecule has 0 N–H and O–H groups in total. The molecule has 424 valence electrons. The molecule has 8 aromatic rings. The SMILES string of the molecule is CCCCCC[n+]1ccc(-c2cc[n+](CCCCCC)cc2)cc1.CCCCCC[n+]1ccc(-c2cc[n+](CCCCCC)cc2)cc1.CC[n+]1ccc(-c2cc[n+](CC)cc2)cc1.CC[n+]1ccc(-c2cc[n+](CC)cc2)cc1. The van der Waals surface area contributed by atoms with Crippen molar-refractivity contribution in [1.29, 1.82) is 0 Å². The van der Waals surface area contributed by atoms with Crippen LogP contribution in [0.25, 0.3) is 44.5 Å². The van der Waals surface area contributed by atoms with Crippen LogP contribution in [-0.4, -0.2) is 0 Å². The van der Waals surface area contributed by atoms with Crippen molar-refractivity contribution in [2.24, 2.45) is 0 Å². The highest BCUT2D eigenvalue weighted by atomic mass is 15.0. The minimum atomic E-state index is 1.02. The third kappa shape index (κ3) is 23.9. The molecule has 0 amide bonds. The summed E-state index contributed by atoms with van der Waals surface area (Å²) in [6, 6.07) is 35.2. The van der Waals surface area contributed by atoms with Crippen molar-refractivity contribution in [1.82, 2.24) is 0 Å². The standard InChI is InChI=1S/2C22H34N2.2C14H18N2/c2*1-3-5-7-9-15-23-17-11-21(12-18-23)22-13-19-24(20-14-22)16-10-8-6-4-2;2*1-3-15-9-5-13(6-10-15)14-7-11-16(4-2)12-8-14/h2*11-14,17-20H,3-10,15-16H2,1-2H3;2*5-12H,3-4H2,1-2H3/q4*+2. The Morgan fingerprint density at radius 3 is 0.438 bits per heavy atom. The molecular formula is C72H104N8+8. The van der Waals surface area contributed by atoms with Gasteiger partial charge in [0.1, 0.15) is 52.4 Å². The van der Waals surface area contributed by atoms with Crippen molar-refractivity contribution < 1.29 is 36.5 Å². The molecule has 0 saturated carbocycles. The number of aryl methyl sites for hydroxylation is 8. The monoisotopic (exact) mass is 1080 g/mol. The highest BCUT2D eigenvalue weighted by Crippen LogP contribution is 2.19.